The van der Waals surface area contributed by atoms with E-state index in [-0.39, 0.29) is 5.25 Å². The Bertz CT molecular complexity index is 959. The summed E-state index contributed by atoms with van der Waals surface area (Å²) in [5.41, 5.74) is 5.32. The van der Waals surface area contributed by atoms with Crippen molar-refractivity contribution in [2.75, 3.05) is 0 Å². The number of nitrogens with zero attached hydrogens (tertiary/aromatic N) is 2. The van der Waals surface area contributed by atoms with Crippen LogP contribution in [0.3, 0.4) is 0 Å². The van der Waals surface area contributed by atoms with Crippen LogP contribution in [0, 0.1) is 0 Å². The first kappa shape index (κ1) is 14.0. The van der Waals surface area contributed by atoms with E-state index in [1.807, 2.05) is 11.4 Å². The number of thioether (sulfide) groups is 1. The van der Waals surface area contributed by atoms with Crippen LogP contribution in [-0.4, -0.2) is 15.2 Å². The number of nitrogens with one attached hydrogen (secondary N) is 1. The van der Waals surface area contributed by atoms with Crippen LogP contribution < -0.4 is 0 Å². The van der Waals surface area contributed by atoms with Crippen molar-refractivity contribution in [3.8, 4) is 21.8 Å². The minimum Gasteiger partial charge on any atom is -0.257 e. The molecule has 0 aliphatic heterocycles. The number of aromatic nitrogens is 3. The molecular formula is C19H13N3S2. The fraction of sp³-hybridized carbons (Fsp3) is 0.0526. The Hall–Kier alpha value is -2.37. The molecule has 0 unspecified atom stereocenters. The Morgan fingerprint density at radius 3 is 2.25 bits per heavy atom. The van der Waals surface area contributed by atoms with Crippen LogP contribution >= 0.6 is 23.1 Å². The number of rotatable bonds is 3. The van der Waals surface area contributed by atoms with Gasteiger partial charge in [-0.05, 0) is 33.7 Å². The van der Waals surface area contributed by atoms with Gasteiger partial charge in [0, 0.05) is 0 Å². The Balaban J connectivity index is 1.53. The molecule has 0 amide bonds. The van der Waals surface area contributed by atoms with Crippen molar-refractivity contribution in [1.82, 2.24) is 15.2 Å². The summed E-state index contributed by atoms with van der Waals surface area (Å²) in [7, 11) is 0. The van der Waals surface area contributed by atoms with Gasteiger partial charge in [0.1, 0.15) is 0 Å². The first-order valence-corrected chi connectivity index (χ1v) is 9.47. The molecule has 116 valence electrons. The van der Waals surface area contributed by atoms with Crippen LogP contribution in [-0.2, 0) is 0 Å². The van der Waals surface area contributed by atoms with Crippen molar-refractivity contribution >= 4 is 23.1 Å². The monoisotopic (exact) mass is 347 g/mol. The molecule has 1 aliphatic rings. The van der Waals surface area contributed by atoms with Gasteiger partial charge in [0.25, 0.3) is 0 Å². The number of H-pyrrole nitrogens is 1. The number of thiophene rings is 1. The van der Waals surface area contributed by atoms with Crippen LogP contribution in [0.25, 0.3) is 21.8 Å². The molecule has 0 fully saturated rings. The molecule has 2 heterocycles. The van der Waals surface area contributed by atoms with Crippen LogP contribution in [0.1, 0.15) is 16.4 Å². The Kier molecular flexibility index (Phi) is 3.28. The number of fused-ring (bicyclic) bond motifs is 3. The van der Waals surface area contributed by atoms with Gasteiger partial charge in [0.05, 0.1) is 10.1 Å². The van der Waals surface area contributed by atoms with Gasteiger partial charge in [0.15, 0.2) is 5.82 Å². The maximum absolute atomic E-state index is 4.67. The van der Waals surface area contributed by atoms with E-state index in [0.29, 0.717) is 0 Å². The van der Waals surface area contributed by atoms with E-state index in [1.54, 1.807) is 23.1 Å². The van der Waals surface area contributed by atoms with Crippen molar-refractivity contribution < 1.29 is 0 Å². The molecule has 0 spiro atoms. The number of aromatic amines is 1. The SMILES string of the molecule is c1csc(-c2nc(SC3c4ccccc4-c4ccccc43)n[nH]2)c1. The molecular weight excluding hydrogens is 334 g/mol. The molecule has 1 N–H and O–H groups in total. The van der Waals surface area contributed by atoms with E-state index < -0.39 is 0 Å². The zero-order valence-corrected chi connectivity index (χ0v) is 14.3. The van der Waals surface area contributed by atoms with E-state index in [0.717, 1.165) is 15.9 Å². The van der Waals surface area contributed by atoms with Gasteiger partial charge < -0.3 is 0 Å². The fourth-order valence-corrected chi connectivity index (χ4v) is 4.95. The minimum absolute atomic E-state index is 0.240. The van der Waals surface area contributed by atoms with Crippen LogP contribution in [0.15, 0.2) is 71.2 Å². The topological polar surface area (TPSA) is 41.6 Å². The summed E-state index contributed by atoms with van der Waals surface area (Å²) in [5, 5.41) is 10.6. The lowest BCUT2D eigenvalue weighted by Crippen LogP contribution is -1.92. The van der Waals surface area contributed by atoms with E-state index in [1.165, 1.54) is 22.3 Å². The highest BCUT2D eigenvalue weighted by molar-refractivity contribution is 7.99. The summed E-state index contributed by atoms with van der Waals surface area (Å²) < 4.78 is 0. The third-order valence-electron chi connectivity index (χ3n) is 4.22. The third-order valence-corrected chi connectivity index (χ3v) is 6.23. The predicted octanol–water partition coefficient (Wildman–Crippen LogP) is 5.40. The Labute approximate surface area is 147 Å². The van der Waals surface area contributed by atoms with Crippen molar-refractivity contribution in [3.05, 3.63) is 77.2 Å². The van der Waals surface area contributed by atoms with Crippen molar-refractivity contribution in [3.63, 3.8) is 0 Å². The van der Waals surface area contributed by atoms with Crippen molar-refractivity contribution in [2.45, 2.75) is 10.4 Å². The fourth-order valence-electron chi connectivity index (χ4n) is 3.16. The highest BCUT2D eigenvalue weighted by atomic mass is 32.2. The number of hydrogen-bond donors (Lipinski definition) is 1. The third kappa shape index (κ3) is 2.20. The quantitative estimate of drug-likeness (QED) is 0.540. The normalized spacial score (nSPS) is 13.0. The molecule has 0 atom stereocenters. The molecule has 0 saturated heterocycles. The van der Waals surface area contributed by atoms with E-state index in [9.17, 15) is 0 Å². The molecule has 2 aromatic heterocycles. The van der Waals surface area contributed by atoms with Gasteiger partial charge in [0.2, 0.25) is 5.16 Å². The van der Waals surface area contributed by atoms with Gasteiger partial charge in [-0.25, -0.2) is 4.98 Å². The van der Waals surface area contributed by atoms with Gasteiger partial charge in [-0.3, -0.25) is 5.10 Å². The molecule has 0 bridgehead atoms. The van der Waals surface area contributed by atoms with Crippen LogP contribution in [0.4, 0.5) is 0 Å². The summed E-state index contributed by atoms with van der Waals surface area (Å²) in [6.07, 6.45) is 0. The lowest BCUT2D eigenvalue weighted by Gasteiger charge is -2.10. The Morgan fingerprint density at radius 1 is 0.875 bits per heavy atom. The second kappa shape index (κ2) is 5.61. The van der Waals surface area contributed by atoms with Crippen LogP contribution in [0.2, 0.25) is 0 Å². The first-order valence-electron chi connectivity index (χ1n) is 7.71. The van der Waals surface area contributed by atoms with Crippen LogP contribution in [0.5, 0.6) is 0 Å². The second-order valence-corrected chi connectivity index (χ2v) is 7.64. The smallest absolute Gasteiger partial charge is 0.209 e. The van der Waals surface area contributed by atoms with E-state index in [2.05, 4.69) is 69.8 Å². The largest absolute Gasteiger partial charge is 0.257 e. The Morgan fingerprint density at radius 2 is 1.58 bits per heavy atom. The lowest BCUT2D eigenvalue weighted by atomic mass is 10.1. The zero-order valence-electron chi connectivity index (χ0n) is 12.6. The van der Waals surface area contributed by atoms with Gasteiger partial charge in [-0.1, -0.05) is 66.4 Å². The average molecular weight is 347 g/mol. The second-order valence-electron chi connectivity index (χ2n) is 5.62. The minimum atomic E-state index is 0.240. The molecule has 0 radical (unpaired) electrons. The predicted molar refractivity (Wildman–Crippen MR) is 99.3 cm³/mol. The molecule has 1 aliphatic carbocycles. The standard InChI is InChI=1S/C19H13N3S2/c1-3-8-14-12(6-1)13-7-2-4-9-15(13)17(14)24-19-20-18(21-22-19)16-10-5-11-23-16/h1-11,17H,(H,20,21,22). The summed E-state index contributed by atoms with van der Waals surface area (Å²) in [6.45, 7) is 0. The number of hydrogen-bond acceptors (Lipinski definition) is 4. The highest BCUT2D eigenvalue weighted by Crippen LogP contribution is 2.51. The highest BCUT2D eigenvalue weighted by Gasteiger charge is 2.29. The molecule has 4 aromatic rings. The van der Waals surface area contributed by atoms with Gasteiger partial charge in [-0.15, -0.1) is 16.4 Å². The zero-order chi connectivity index (χ0) is 15.9. The molecule has 3 nitrogen and oxygen atoms in total. The maximum Gasteiger partial charge on any atom is 0.209 e. The van der Waals surface area contributed by atoms with E-state index in [4.69, 9.17) is 0 Å². The summed E-state index contributed by atoms with van der Waals surface area (Å²) >= 11 is 3.37. The molecule has 0 saturated carbocycles. The average Bonchev–Trinajstić information content (AvgIpc) is 3.35. The van der Waals surface area contributed by atoms with E-state index >= 15 is 0 Å². The summed E-state index contributed by atoms with van der Waals surface area (Å²) in [4.78, 5) is 5.78. The molecule has 5 heteroatoms. The lowest BCUT2D eigenvalue weighted by molar-refractivity contribution is 0.968. The van der Waals surface area contributed by atoms with Gasteiger partial charge in [-0.2, -0.15) is 0 Å². The molecule has 24 heavy (non-hydrogen) atoms. The molecule has 2 aromatic carbocycles. The number of benzene rings is 2. The van der Waals surface area contributed by atoms with Gasteiger partial charge >= 0.3 is 0 Å². The molecule has 5 rings (SSSR count). The summed E-state index contributed by atoms with van der Waals surface area (Å²) in [6, 6.07) is 21.3. The maximum atomic E-state index is 4.67. The van der Waals surface area contributed by atoms with Crippen molar-refractivity contribution in [2.24, 2.45) is 0 Å². The first-order chi connectivity index (χ1) is 11.9. The van der Waals surface area contributed by atoms with Crippen molar-refractivity contribution in [1.29, 1.82) is 0 Å². The summed E-state index contributed by atoms with van der Waals surface area (Å²) in [5.74, 6) is 0.840.